The monoisotopic (exact) mass is 969 g/mol. The lowest BCUT2D eigenvalue weighted by atomic mass is 10.0. The number of carbonyl (C=O) groups is 2. The van der Waals surface area contributed by atoms with Gasteiger partial charge < -0.3 is 40.7 Å². The number of nitrogens with two attached hydrogens (primary N) is 2. The average molecular weight is 970 g/mol. The van der Waals surface area contributed by atoms with Crippen molar-refractivity contribution in [3.05, 3.63) is 71.1 Å². The summed E-state index contributed by atoms with van der Waals surface area (Å²) in [7, 11) is 0. The Hall–Kier alpha value is -4.17. The Labute approximate surface area is 371 Å². The summed E-state index contributed by atoms with van der Waals surface area (Å²) in [5, 5.41) is 2.65. The van der Waals surface area contributed by atoms with Gasteiger partial charge in [-0.05, 0) is 47.2 Å². The number of ether oxygens (including phenoxy) is 2. The lowest BCUT2D eigenvalue weighted by Crippen LogP contribution is -2.49. The van der Waals surface area contributed by atoms with Gasteiger partial charge in [0.2, 0.25) is 5.91 Å². The van der Waals surface area contributed by atoms with Gasteiger partial charge in [0, 0.05) is 12.2 Å². The molecule has 0 aliphatic carbocycles. The zero-order valence-electron chi connectivity index (χ0n) is 34.1. The van der Waals surface area contributed by atoms with E-state index in [0.29, 0.717) is 22.5 Å². The number of hydrogen-bond acceptors (Lipinski definition) is 19. The quantitative estimate of drug-likeness (QED) is 0.119. The number of anilines is 1. The van der Waals surface area contributed by atoms with Crippen LogP contribution >= 0.6 is 24.9 Å². The molecule has 3 aliphatic heterocycles. The molecule has 22 nitrogen and oxygen atoms in total. The molecule has 1 amide bonds. The minimum atomic E-state index is -4.55. The van der Waals surface area contributed by atoms with Crippen LogP contribution in [0, 0.1) is 5.92 Å². The third-order valence-electron chi connectivity index (χ3n) is 10.8. The highest BCUT2D eigenvalue weighted by molar-refractivity contribution is 8.54. The van der Waals surface area contributed by atoms with Crippen molar-refractivity contribution in [3.63, 3.8) is 0 Å². The normalized spacial score (nSPS) is 30.9. The van der Waals surface area contributed by atoms with Crippen LogP contribution in [0.25, 0.3) is 22.3 Å². The first kappa shape index (κ1) is 46.4. The molecule has 7 heterocycles. The maximum Gasteiger partial charge on any atom is 0.389 e. The number of hydrogen-bond donors (Lipinski definition) is 5. The van der Waals surface area contributed by atoms with Crippen LogP contribution in [0.1, 0.15) is 44.4 Å². The number of imidazole rings is 2. The van der Waals surface area contributed by atoms with E-state index in [4.69, 9.17) is 50.8 Å². The number of halogens is 2. The van der Waals surface area contributed by atoms with Gasteiger partial charge in [0.05, 0.1) is 44.3 Å². The first-order valence-corrected chi connectivity index (χ1v) is 25.5. The number of aromatic nitrogens is 8. The van der Waals surface area contributed by atoms with Gasteiger partial charge in [-0.15, -0.1) is 0 Å². The van der Waals surface area contributed by atoms with Gasteiger partial charge in [0.25, 0.3) is 5.56 Å². The fourth-order valence-corrected chi connectivity index (χ4v) is 12.0. The molecule has 3 aliphatic rings. The smallest absolute Gasteiger partial charge is 0.382 e. The topological polar surface area (TPSA) is 298 Å². The van der Waals surface area contributed by atoms with Crippen LogP contribution < -0.4 is 22.3 Å². The summed E-state index contributed by atoms with van der Waals surface area (Å²) in [5.74, 6) is -0.821. The predicted octanol–water partition coefficient (Wildman–Crippen LogP) is 2.69. The molecule has 3 saturated heterocycles. The molecule has 12 atom stereocenters. The van der Waals surface area contributed by atoms with Crippen molar-refractivity contribution in [2.45, 2.75) is 94.2 Å². The predicted molar refractivity (Wildman–Crippen MR) is 228 cm³/mol. The molecule has 0 bridgehead atoms. The standard InChI is InChI=1S/C36H43F2N11O11P2S2/c1-16(2)25(39)33(51)47-17(3)20(50)8-18-4-6-19(7-5-18)11-64-62(54)56-10-22-28(23(37)35(58-22)48-14-45-26-30(40)41-12-42-31(26)48)59-61(53,63)55-9-21-29(60-62)24(38)36(57-21)49-15-46-27-32(49)43-13-44-34(27)52/h4-7,12-17,21-25,28-29,35-36H,8-11,39H2,1-3H3,(H,47,51)(H,53,63)(H2,40,41,42)(H,43,44,52)/t17-,21+,22+,23+,24+,25-,28+,29+,35+,36+,61?,62?/m0/s1. The summed E-state index contributed by atoms with van der Waals surface area (Å²) in [6.45, 7) is -5.15. The van der Waals surface area contributed by atoms with Crippen molar-refractivity contribution in [2.24, 2.45) is 11.7 Å². The van der Waals surface area contributed by atoms with Gasteiger partial charge in [-0.25, -0.2) is 38.3 Å². The van der Waals surface area contributed by atoms with Crippen molar-refractivity contribution < 1.29 is 55.4 Å². The minimum Gasteiger partial charge on any atom is -0.382 e. The number of amides is 1. The maximum absolute atomic E-state index is 16.8. The zero-order valence-corrected chi connectivity index (χ0v) is 37.5. The molecule has 0 radical (unpaired) electrons. The van der Waals surface area contributed by atoms with Crippen LogP contribution in [0.3, 0.4) is 0 Å². The van der Waals surface area contributed by atoms with E-state index >= 15 is 8.78 Å². The van der Waals surface area contributed by atoms with E-state index in [0.717, 1.165) is 23.5 Å². The van der Waals surface area contributed by atoms with Crippen LogP contribution in [-0.4, -0.2) is 118 Å². The molecule has 2 unspecified atom stereocenters. The van der Waals surface area contributed by atoms with Crippen molar-refractivity contribution in [1.82, 2.24) is 44.4 Å². The number of nitrogens with zero attached hydrogens (tertiary/aromatic N) is 7. The summed E-state index contributed by atoms with van der Waals surface area (Å²) in [6, 6.07) is 5.17. The number of H-pyrrole nitrogens is 1. The summed E-state index contributed by atoms with van der Waals surface area (Å²) >= 11 is 5.96. The number of fused-ring (bicyclic) bond motifs is 4. The SMILES string of the molecule is CC(C)[C@H](N)C(=O)N[C@@H](C)C(=O)Cc1ccc(CSP2(=O)OC[C@H]3O[C@@H](n4cnc5c(N)ncnc54)[C@H](F)[C@@H]3OP(O)(=S)OC[C@H]3O[C@@H](n4cnc5c(=O)[nH]cnc54)[C@H](F)[C@@H]3O2)cc1. The second-order valence-electron chi connectivity index (χ2n) is 15.5. The van der Waals surface area contributed by atoms with Crippen molar-refractivity contribution >= 4 is 76.5 Å². The van der Waals surface area contributed by atoms with Crippen molar-refractivity contribution in [2.75, 3.05) is 18.9 Å². The van der Waals surface area contributed by atoms with Gasteiger partial charge in [-0.3, -0.25) is 37.1 Å². The molecule has 0 saturated carbocycles. The lowest BCUT2D eigenvalue weighted by Gasteiger charge is -2.30. The molecule has 1 aromatic carbocycles. The van der Waals surface area contributed by atoms with Crippen LogP contribution in [0.15, 0.2) is 54.4 Å². The molecule has 3 fully saturated rings. The number of rotatable bonds is 11. The van der Waals surface area contributed by atoms with Crippen LogP contribution in [0.5, 0.6) is 0 Å². The van der Waals surface area contributed by atoms with Crippen LogP contribution in [-0.2, 0) is 65.7 Å². The fourth-order valence-electron chi connectivity index (χ4n) is 7.18. The number of nitrogens with one attached hydrogen (secondary N) is 2. The highest BCUT2D eigenvalue weighted by Gasteiger charge is 2.54. The average Bonchev–Trinajstić information content (AvgIpc) is 4.03. The second kappa shape index (κ2) is 18.6. The Bertz CT molecular complexity index is 2700. The number of nitrogen functional groups attached to an aromatic ring is 1. The molecule has 344 valence electrons. The Morgan fingerprint density at radius 3 is 2.19 bits per heavy atom. The molecule has 0 spiro atoms. The molecule has 28 heteroatoms. The van der Waals surface area contributed by atoms with E-state index in [1.54, 1.807) is 45.0 Å². The van der Waals surface area contributed by atoms with Gasteiger partial charge in [0.15, 0.2) is 53.2 Å². The van der Waals surface area contributed by atoms with E-state index in [2.05, 4.69) is 35.2 Å². The first-order valence-electron chi connectivity index (χ1n) is 19.7. The van der Waals surface area contributed by atoms with Gasteiger partial charge in [-0.2, -0.15) is 0 Å². The second-order valence-corrected chi connectivity index (χ2v) is 22.4. The Morgan fingerprint density at radius 2 is 1.53 bits per heavy atom. The number of ketones is 1. The first-order chi connectivity index (χ1) is 30.4. The molecular weight excluding hydrogens is 927 g/mol. The Kier molecular flexibility index (Phi) is 13.5. The number of Topliss-reactive ketones (excluding diaryl/α,β-unsaturated/α-hetero) is 1. The van der Waals surface area contributed by atoms with E-state index in [1.807, 2.05) is 0 Å². The molecular formula is C36H43F2N11O11P2S2. The molecule has 4 aromatic heterocycles. The third kappa shape index (κ3) is 9.55. The third-order valence-corrected chi connectivity index (χ3v) is 16.0. The molecule has 8 rings (SSSR count). The van der Waals surface area contributed by atoms with Crippen LogP contribution in [0.2, 0.25) is 0 Å². The molecule has 7 N–H and O–H groups in total. The summed E-state index contributed by atoms with van der Waals surface area (Å²) in [4.78, 5) is 71.8. The minimum absolute atomic E-state index is 0.00506. The van der Waals surface area contributed by atoms with Gasteiger partial charge in [-0.1, -0.05) is 38.1 Å². The largest absolute Gasteiger partial charge is 0.389 e. The van der Waals surface area contributed by atoms with Gasteiger partial charge >= 0.3 is 13.5 Å². The number of benzene rings is 1. The number of aromatic amines is 1. The maximum atomic E-state index is 16.8. The van der Waals surface area contributed by atoms with Crippen molar-refractivity contribution in [1.29, 1.82) is 0 Å². The Balaban J connectivity index is 1.05. The number of alkyl halides is 2. The lowest BCUT2D eigenvalue weighted by molar-refractivity contribution is -0.128. The van der Waals surface area contributed by atoms with Crippen LogP contribution in [0.4, 0.5) is 14.6 Å². The van der Waals surface area contributed by atoms with E-state index in [9.17, 15) is 23.8 Å². The molecule has 64 heavy (non-hydrogen) atoms. The number of carbonyl (C=O) groups excluding carboxylic acids is 2. The van der Waals surface area contributed by atoms with Crippen molar-refractivity contribution in [3.8, 4) is 0 Å². The van der Waals surface area contributed by atoms with Gasteiger partial charge in [0.1, 0.15) is 36.3 Å². The molecule has 5 aromatic rings. The van der Waals surface area contributed by atoms with E-state index in [1.165, 1.54) is 10.9 Å². The summed E-state index contributed by atoms with van der Waals surface area (Å²) in [5.41, 5.74) is 12.6. The fraction of sp³-hybridized carbons (Fsp3) is 0.500. The Morgan fingerprint density at radius 1 is 0.938 bits per heavy atom. The highest BCUT2D eigenvalue weighted by atomic mass is 32.7. The highest BCUT2D eigenvalue weighted by Crippen LogP contribution is 2.65. The van der Waals surface area contributed by atoms with E-state index < -0.39 is 99.5 Å². The summed E-state index contributed by atoms with van der Waals surface area (Å²) in [6.07, 6.45) is -8.98. The zero-order chi connectivity index (χ0) is 45.7. The summed E-state index contributed by atoms with van der Waals surface area (Å²) < 4.78 is 86.2. The van der Waals surface area contributed by atoms with E-state index in [-0.39, 0.29) is 52.0 Å².